The van der Waals surface area contributed by atoms with Crippen LogP contribution in [0.2, 0.25) is 0 Å². The Bertz CT molecular complexity index is 638. The molecule has 3 aliphatic heterocycles. The largest absolute Gasteiger partial charge is 0.390 e. The highest BCUT2D eigenvalue weighted by atomic mass is 35.5. The molecule has 4 rings (SSSR count). The Morgan fingerprint density at radius 2 is 1.91 bits per heavy atom. The number of carbonyl (C=O) groups is 1. The molecule has 32 heavy (non-hydrogen) atoms. The number of nitrogens with one attached hydrogen (secondary N) is 2. The van der Waals surface area contributed by atoms with Gasteiger partial charge in [-0.25, -0.2) is 0 Å². The van der Waals surface area contributed by atoms with Crippen molar-refractivity contribution in [3.8, 4) is 0 Å². The van der Waals surface area contributed by atoms with Gasteiger partial charge in [0.15, 0.2) is 0 Å². The van der Waals surface area contributed by atoms with Gasteiger partial charge in [-0.15, -0.1) is 23.4 Å². The minimum atomic E-state index is -0.951. The summed E-state index contributed by atoms with van der Waals surface area (Å²) in [6.07, 6.45) is 7.21. The van der Waals surface area contributed by atoms with Gasteiger partial charge in [0.2, 0.25) is 5.91 Å². The molecule has 1 amide bonds. The van der Waals surface area contributed by atoms with E-state index in [4.69, 9.17) is 21.1 Å². The first-order valence-corrected chi connectivity index (χ1v) is 13.9. The van der Waals surface area contributed by atoms with Crippen LogP contribution in [-0.4, -0.2) is 82.8 Å². The van der Waals surface area contributed by atoms with Crippen LogP contribution >= 0.6 is 23.4 Å². The second kappa shape index (κ2) is 11.1. The number of amides is 1. The van der Waals surface area contributed by atoms with Crippen LogP contribution in [0.25, 0.3) is 0 Å². The van der Waals surface area contributed by atoms with Crippen LogP contribution in [0.3, 0.4) is 0 Å². The third kappa shape index (κ3) is 5.42. The summed E-state index contributed by atoms with van der Waals surface area (Å²) in [5, 5.41) is 26.5. The molecule has 4 aliphatic rings. The molecule has 0 radical (unpaired) electrons. The molecule has 0 bridgehead atoms. The molecule has 3 heterocycles. The Morgan fingerprint density at radius 1 is 1.16 bits per heavy atom. The van der Waals surface area contributed by atoms with Crippen LogP contribution < -0.4 is 10.6 Å². The van der Waals surface area contributed by atoms with Gasteiger partial charge in [0.1, 0.15) is 17.6 Å². The Morgan fingerprint density at radius 3 is 2.59 bits per heavy atom. The molecule has 0 aromatic heterocycles. The molecule has 7 nitrogen and oxygen atoms in total. The van der Waals surface area contributed by atoms with Gasteiger partial charge < -0.3 is 30.3 Å². The Hall–Kier alpha value is -0.0900. The van der Waals surface area contributed by atoms with Crippen LogP contribution in [0.15, 0.2) is 0 Å². The molecule has 0 aromatic carbocycles. The topological polar surface area (TPSA) is 100 Å². The number of thioether (sulfide) groups is 1. The zero-order valence-corrected chi connectivity index (χ0v) is 20.7. The normalized spacial score (nSPS) is 42.8. The first kappa shape index (κ1) is 25.0. The number of carbonyl (C=O) groups excluding carboxylic acids is 1. The van der Waals surface area contributed by atoms with Crippen molar-refractivity contribution in [2.24, 2.45) is 17.8 Å². The number of rotatable bonds is 6. The van der Waals surface area contributed by atoms with E-state index in [9.17, 15) is 15.0 Å². The number of hydrogen-bond acceptors (Lipinski definition) is 7. The van der Waals surface area contributed by atoms with Crippen LogP contribution in [-0.2, 0) is 14.3 Å². The fraction of sp³-hybridized carbons (Fsp3) is 0.957. The van der Waals surface area contributed by atoms with Crippen molar-refractivity contribution < 1.29 is 24.5 Å². The fourth-order valence-electron chi connectivity index (χ4n) is 6.24. The summed E-state index contributed by atoms with van der Waals surface area (Å²) in [7, 11) is 0. The minimum absolute atomic E-state index is 0.119. The molecule has 184 valence electrons. The lowest BCUT2D eigenvalue weighted by Gasteiger charge is -2.41. The van der Waals surface area contributed by atoms with Crippen LogP contribution in [0.5, 0.6) is 0 Å². The number of halogens is 1. The average molecular weight is 491 g/mol. The lowest BCUT2D eigenvalue weighted by Crippen LogP contribution is -2.59. The highest BCUT2D eigenvalue weighted by Crippen LogP contribution is 2.40. The predicted octanol–water partition coefficient (Wildman–Crippen LogP) is 1.87. The maximum Gasteiger partial charge on any atom is 0.240 e. The molecule has 0 aromatic rings. The number of hydrogen-bond donors (Lipinski definition) is 4. The van der Waals surface area contributed by atoms with Crippen molar-refractivity contribution >= 4 is 29.3 Å². The van der Waals surface area contributed by atoms with Crippen molar-refractivity contribution in [3.05, 3.63) is 0 Å². The van der Waals surface area contributed by atoms with Gasteiger partial charge in [-0.2, -0.15) is 0 Å². The molecule has 10 atom stereocenters. The molecule has 4 fully saturated rings. The van der Waals surface area contributed by atoms with E-state index in [0.29, 0.717) is 18.4 Å². The maximum atomic E-state index is 13.3. The number of alkyl halides is 1. The van der Waals surface area contributed by atoms with Crippen molar-refractivity contribution in [1.82, 2.24) is 10.6 Å². The van der Waals surface area contributed by atoms with Gasteiger partial charge in [0, 0.05) is 19.6 Å². The van der Waals surface area contributed by atoms with E-state index in [1.807, 2.05) is 13.2 Å². The third-order valence-corrected chi connectivity index (χ3v) is 9.16. The molecule has 2 unspecified atom stereocenters. The van der Waals surface area contributed by atoms with Crippen molar-refractivity contribution in [1.29, 1.82) is 0 Å². The lowest BCUT2D eigenvalue weighted by molar-refractivity contribution is -0.148. The van der Waals surface area contributed by atoms with Crippen molar-refractivity contribution in [2.45, 2.75) is 99.2 Å². The SMILES string of the molecule is CSC1O[C@H]([C@H](NC(=O)[C@H]2NC[C@@H]3C[C@@H](C4CCCC4)CCO[C@H]32)[C@H](C)Cl)CC(O)[C@H]1O. The van der Waals surface area contributed by atoms with Gasteiger partial charge in [-0.05, 0) is 43.8 Å². The van der Waals surface area contributed by atoms with Crippen LogP contribution in [0.1, 0.15) is 51.9 Å². The summed E-state index contributed by atoms with van der Waals surface area (Å²) >= 11 is 7.80. The molecule has 1 saturated carbocycles. The highest BCUT2D eigenvalue weighted by molar-refractivity contribution is 7.99. The first-order valence-electron chi connectivity index (χ1n) is 12.2. The summed E-state index contributed by atoms with van der Waals surface area (Å²) < 4.78 is 12.2. The molecule has 1 aliphatic carbocycles. The lowest BCUT2D eigenvalue weighted by atomic mass is 9.81. The summed E-state index contributed by atoms with van der Waals surface area (Å²) in [5.74, 6) is 1.76. The summed E-state index contributed by atoms with van der Waals surface area (Å²) in [5.41, 5.74) is -0.551. The maximum absolute atomic E-state index is 13.3. The van der Waals surface area contributed by atoms with E-state index < -0.39 is 41.2 Å². The highest BCUT2D eigenvalue weighted by Gasteiger charge is 2.46. The molecule has 0 spiro atoms. The smallest absolute Gasteiger partial charge is 0.240 e. The Kier molecular flexibility index (Phi) is 8.68. The minimum Gasteiger partial charge on any atom is -0.390 e. The zero-order valence-electron chi connectivity index (χ0n) is 19.1. The molecular weight excluding hydrogens is 452 g/mol. The van der Waals surface area contributed by atoms with E-state index in [1.54, 1.807) is 0 Å². The number of aliphatic hydroxyl groups is 2. The van der Waals surface area contributed by atoms with Crippen LogP contribution in [0.4, 0.5) is 0 Å². The second-order valence-electron chi connectivity index (χ2n) is 10.1. The molecule has 9 heteroatoms. The Labute approximate surface area is 200 Å². The van der Waals surface area contributed by atoms with Gasteiger partial charge in [0.25, 0.3) is 0 Å². The van der Waals surface area contributed by atoms with Crippen LogP contribution in [0, 0.1) is 17.8 Å². The second-order valence-corrected chi connectivity index (χ2v) is 11.7. The number of aliphatic hydroxyl groups excluding tert-OH is 2. The third-order valence-electron chi connectivity index (χ3n) is 8.04. The van der Waals surface area contributed by atoms with E-state index in [2.05, 4.69) is 10.6 Å². The summed E-state index contributed by atoms with van der Waals surface area (Å²) in [6.45, 7) is 3.33. The first-order chi connectivity index (χ1) is 15.4. The molecule has 4 N–H and O–H groups in total. The average Bonchev–Trinajstić information content (AvgIpc) is 3.39. The quantitative estimate of drug-likeness (QED) is 0.422. The van der Waals surface area contributed by atoms with Gasteiger partial charge >= 0.3 is 0 Å². The zero-order chi connectivity index (χ0) is 22.8. The molecule has 3 saturated heterocycles. The fourth-order valence-corrected chi connectivity index (χ4v) is 7.18. The van der Waals surface area contributed by atoms with Gasteiger partial charge in [-0.1, -0.05) is 25.7 Å². The Balaban J connectivity index is 1.39. The molecular formula is C23H39ClN2O5S. The van der Waals surface area contributed by atoms with E-state index in [1.165, 1.54) is 37.4 Å². The van der Waals surface area contributed by atoms with E-state index >= 15 is 0 Å². The van der Waals surface area contributed by atoms with Crippen molar-refractivity contribution in [3.63, 3.8) is 0 Å². The number of fused-ring (bicyclic) bond motifs is 1. The van der Waals surface area contributed by atoms with Crippen molar-refractivity contribution in [2.75, 3.05) is 19.4 Å². The van der Waals surface area contributed by atoms with E-state index in [0.717, 1.165) is 25.3 Å². The summed E-state index contributed by atoms with van der Waals surface area (Å²) in [4.78, 5) is 13.3. The summed E-state index contributed by atoms with van der Waals surface area (Å²) in [6, 6.07) is -0.880. The van der Waals surface area contributed by atoms with Gasteiger partial charge in [0.05, 0.1) is 29.7 Å². The van der Waals surface area contributed by atoms with Gasteiger partial charge in [-0.3, -0.25) is 4.79 Å². The monoisotopic (exact) mass is 490 g/mol. The number of ether oxygens (including phenoxy) is 2. The standard InChI is InChI=1S/C23H39ClN2O5S/c1-12(24)18(17-10-16(27)20(28)23(31-17)32-2)26-22(29)19-21-15(11-25-19)9-14(7-8-30-21)13-5-3-4-6-13/h12-21,23,25,27-28H,3-11H2,1-2H3,(H,26,29)/t12-,14-,15-,16?,17-,18+,19-,20+,21+,23?/m0/s1. The predicted molar refractivity (Wildman–Crippen MR) is 126 cm³/mol. The van der Waals surface area contributed by atoms with E-state index in [-0.39, 0.29) is 18.4 Å².